The summed E-state index contributed by atoms with van der Waals surface area (Å²) in [4.78, 5) is 6.48. The molecule has 1 aromatic heterocycles. The number of pyridine rings is 1. The van der Waals surface area contributed by atoms with E-state index in [0.29, 0.717) is 25.8 Å². The zero-order valence-corrected chi connectivity index (χ0v) is 11.8. The van der Waals surface area contributed by atoms with Crippen LogP contribution in [0.15, 0.2) is 12.3 Å². The van der Waals surface area contributed by atoms with E-state index in [9.17, 15) is 4.39 Å². The largest absolute Gasteiger partial charge is 0.377 e. The van der Waals surface area contributed by atoms with E-state index < -0.39 is 0 Å². The molecule has 1 aliphatic rings. The van der Waals surface area contributed by atoms with Crippen molar-refractivity contribution in [1.29, 1.82) is 0 Å². The fraction of sp³-hybridized carbons (Fsp3) is 0.643. The third kappa shape index (κ3) is 3.64. The van der Waals surface area contributed by atoms with Gasteiger partial charge in [0.25, 0.3) is 0 Å². The molecule has 0 aliphatic carbocycles. The molecule has 1 fully saturated rings. The quantitative estimate of drug-likeness (QED) is 0.904. The molecule has 4 nitrogen and oxygen atoms in total. The van der Waals surface area contributed by atoms with Gasteiger partial charge in [0.15, 0.2) is 0 Å². The maximum atomic E-state index is 13.4. The first kappa shape index (κ1) is 14.2. The third-order valence-electron chi connectivity index (χ3n) is 3.25. The Morgan fingerprint density at radius 2 is 2.37 bits per heavy atom. The molecule has 2 heterocycles. The summed E-state index contributed by atoms with van der Waals surface area (Å²) in [5, 5.41) is 3.32. The average Bonchev–Trinajstić information content (AvgIpc) is 2.37. The van der Waals surface area contributed by atoms with Crippen molar-refractivity contribution < 1.29 is 9.13 Å². The summed E-state index contributed by atoms with van der Waals surface area (Å²) < 4.78 is 18.8. The van der Waals surface area contributed by atoms with Gasteiger partial charge in [0.05, 0.1) is 25.5 Å². The van der Waals surface area contributed by atoms with Crippen molar-refractivity contribution in [3.05, 3.63) is 23.6 Å². The molecule has 2 rings (SSSR count). The van der Waals surface area contributed by atoms with Crippen LogP contribution in [-0.2, 0) is 11.3 Å². The van der Waals surface area contributed by atoms with Gasteiger partial charge in [0, 0.05) is 24.7 Å². The van der Waals surface area contributed by atoms with E-state index in [4.69, 9.17) is 4.74 Å². The molecule has 0 spiro atoms. The molecule has 106 valence electrons. The highest BCUT2D eigenvalue weighted by Gasteiger charge is 2.22. The van der Waals surface area contributed by atoms with Gasteiger partial charge in [-0.25, -0.2) is 9.37 Å². The second-order valence-electron chi connectivity index (χ2n) is 5.29. The molecule has 5 heteroatoms. The second-order valence-corrected chi connectivity index (χ2v) is 5.29. The second kappa shape index (κ2) is 6.30. The van der Waals surface area contributed by atoms with Crippen molar-refractivity contribution >= 4 is 5.82 Å². The summed E-state index contributed by atoms with van der Waals surface area (Å²) in [6, 6.07) is 2.20. The molecular formula is C14H22FN3O. The topological polar surface area (TPSA) is 37.4 Å². The number of hydrogen-bond donors (Lipinski definition) is 1. The summed E-state index contributed by atoms with van der Waals surface area (Å²) >= 11 is 0. The van der Waals surface area contributed by atoms with Crippen LogP contribution in [0.5, 0.6) is 0 Å². The van der Waals surface area contributed by atoms with E-state index in [0.717, 1.165) is 17.9 Å². The smallest absolute Gasteiger partial charge is 0.141 e. The number of nitrogens with one attached hydrogen (secondary N) is 1. The molecule has 0 saturated carbocycles. The van der Waals surface area contributed by atoms with Gasteiger partial charge in [-0.2, -0.15) is 0 Å². The first-order valence-electron chi connectivity index (χ1n) is 6.80. The zero-order valence-electron chi connectivity index (χ0n) is 11.8. The number of nitrogens with zero attached hydrogens (tertiary/aromatic N) is 2. The minimum Gasteiger partial charge on any atom is -0.377 e. The van der Waals surface area contributed by atoms with Crippen molar-refractivity contribution in [3.63, 3.8) is 0 Å². The molecule has 1 aliphatic heterocycles. The van der Waals surface area contributed by atoms with Gasteiger partial charge in [-0.15, -0.1) is 0 Å². The molecule has 0 aromatic carbocycles. The number of morpholine rings is 1. The maximum Gasteiger partial charge on any atom is 0.141 e. The highest BCUT2D eigenvalue weighted by atomic mass is 19.1. The van der Waals surface area contributed by atoms with E-state index in [1.807, 2.05) is 0 Å². The van der Waals surface area contributed by atoms with Gasteiger partial charge in [-0.05, 0) is 13.0 Å². The van der Waals surface area contributed by atoms with Crippen LogP contribution < -0.4 is 10.2 Å². The van der Waals surface area contributed by atoms with Crippen LogP contribution in [0.25, 0.3) is 0 Å². The van der Waals surface area contributed by atoms with Crippen LogP contribution in [0, 0.1) is 5.82 Å². The molecule has 0 amide bonds. The summed E-state index contributed by atoms with van der Waals surface area (Å²) in [6.45, 7) is 9.06. The molecule has 1 unspecified atom stereocenters. The molecule has 0 radical (unpaired) electrons. The van der Waals surface area contributed by atoms with Crippen molar-refractivity contribution in [2.75, 3.05) is 24.7 Å². The van der Waals surface area contributed by atoms with Gasteiger partial charge in [0.2, 0.25) is 0 Å². The Morgan fingerprint density at radius 3 is 3.05 bits per heavy atom. The number of ether oxygens (including phenoxy) is 1. The van der Waals surface area contributed by atoms with E-state index in [2.05, 4.69) is 36.0 Å². The van der Waals surface area contributed by atoms with E-state index in [-0.39, 0.29) is 11.9 Å². The summed E-state index contributed by atoms with van der Waals surface area (Å²) in [6.07, 6.45) is 1.29. The van der Waals surface area contributed by atoms with Gasteiger partial charge < -0.3 is 15.0 Å². The Hall–Kier alpha value is -1.20. The van der Waals surface area contributed by atoms with Crippen LogP contribution >= 0.6 is 0 Å². The van der Waals surface area contributed by atoms with Crippen molar-refractivity contribution in [3.8, 4) is 0 Å². The van der Waals surface area contributed by atoms with Crippen molar-refractivity contribution in [2.45, 2.75) is 39.4 Å². The Kier molecular flexibility index (Phi) is 4.71. The van der Waals surface area contributed by atoms with Crippen LogP contribution in [0.3, 0.4) is 0 Å². The number of hydrogen-bond acceptors (Lipinski definition) is 4. The number of anilines is 1. The summed E-state index contributed by atoms with van der Waals surface area (Å²) in [7, 11) is 0. The normalized spacial score (nSPS) is 20.1. The monoisotopic (exact) mass is 267 g/mol. The van der Waals surface area contributed by atoms with E-state index in [1.54, 1.807) is 6.07 Å². The van der Waals surface area contributed by atoms with Gasteiger partial charge >= 0.3 is 0 Å². The Balaban J connectivity index is 2.22. The van der Waals surface area contributed by atoms with Gasteiger partial charge in [-0.1, -0.05) is 13.8 Å². The number of aromatic nitrogens is 1. The highest BCUT2D eigenvalue weighted by Crippen LogP contribution is 2.22. The lowest BCUT2D eigenvalue weighted by atomic mass is 10.1. The molecule has 0 bridgehead atoms. The van der Waals surface area contributed by atoms with Crippen LogP contribution in [0.1, 0.15) is 26.3 Å². The predicted octanol–water partition coefficient (Wildman–Crippen LogP) is 1.94. The molecule has 19 heavy (non-hydrogen) atoms. The van der Waals surface area contributed by atoms with Crippen molar-refractivity contribution in [1.82, 2.24) is 10.3 Å². The molecule has 1 atom stereocenters. The molecule has 1 N–H and O–H groups in total. The Labute approximate surface area is 114 Å². The standard InChI is InChI=1S/C14H22FN3O/c1-10(2)16-7-12-6-13(15)8-17-14(12)18-4-5-19-9-11(18)3/h6,8,10-11,16H,4-5,7,9H2,1-3H3. The van der Waals surface area contributed by atoms with Crippen molar-refractivity contribution in [2.24, 2.45) is 0 Å². The minimum atomic E-state index is -0.287. The minimum absolute atomic E-state index is 0.268. The van der Waals surface area contributed by atoms with E-state index >= 15 is 0 Å². The fourth-order valence-electron chi connectivity index (χ4n) is 2.22. The lowest BCUT2D eigenvalue weighted by molar-refractivity contribution is 0.0984. The van der Waals surface area contributed by atoms with Gasteiger partial charge in [-0.3, -0.25) is 0 Å². The summed E-state index contributed by atoms with van der Waals surface area (Å²) in [5.74, 6) is 0.579. The lowest BCUT2D eigenvalue weighted by Gasteiger charge is -2.35. The molecule has 1 saturated heterocycles. The highest BCUT2D eigenvalue weighted by molar-refractivity contribution is 5.48. The lowest BCUT2D eigenvalue weighted by Crippen LogP contribution is -2.44. The fourth-order valence-corrected chi connectivity index (χ4v) is 2.22. The van der Waals surface area contributed by atoms with E-state index in [1.165, 1.54) is 6.20 Å². The van der Waals surface area contributed by atoms with Crippen LogP contribution in [-0.4, -0.2) is 36.8 Å². The average molecular weight is 267 g/mol. The maximum absolute atomic E-state index is 13.4. The first-order valence-corrected chi connectivity index (χ1v) is 6.80. The van der Waals surface area contributed by atoms with Crippen LogP contribution in [0.4, 0.5) is 10.2 Å². The molecule has 1 aromatic rings. The zero-order chi connectivity index (χ0) is 13.8. The Bertz CT molecular complexity index is 425. The number of rotatable bonds is 4. The molecular weight excluding hydrogens is 245 g/mol. The third-order valence-corrected chi connectivity index (χ3v) is 3.25. The van der Waals surface area contributed by atoms with Gasteiger partial charge in [0.1, 0.15) is 11.6 Å². The number of halogens is 1. The Morgan fingerprint density at radius 1 is 1.58 bits per heavy atom. The predicted molar refractivity (Wildman–Crippen MR) is 73.8 cm³/mol. The first-order chi connectivity index (χ1) is 9.08. The summed E-state index contributed by atoms with van der Waals surface area (Å²) in [5.41, 5.74) is 0.905. The van der Waals surface area contributed by atoms with Crippen LogP contribution in [0.2, 0.25) is 0 Å². The SMILES string of the molecule is CC(C)NCc1cc(F)cnc1N1CCOCC1C.